The first-order valence-electron chi connectivity index (χ1n) is 5.43. The molecule has 0 fully saturated rings. The summed E-state index contributed by atoms with van der Waals surface area (Å²) in [5.74, 6) is -0.134. The highest BCUT2D eigenvalue weighted by molar-refractivity contribution is 5.23. The third kappa shape index (κ3) is 3.49. The lowest BCUT2D eigenvalue weighted by Crippen LogP contribution is -2.29. The summed E-state index contributed by atoms with van der Waals surface area (Å²) >= 11 is 0. The van der Waals surface area contributed by atoms with Crippen LogP contribution in [0.25, 0.3) is 0 Å². The van der Waals surface area contributed by atoms with E-state index in [2.05, 4.69) is 0 Å². The molecule has 3 heteroatoms. The lowest BCUT2D eigenvalue weighted by atomic mass is 9.82. The highest BCUT2D eigenvalue weighted by Gasteiger charge is 2.24. The van der Waals surface area contributed by atoms with Gasteiger partial charge in [-0.25, -0.2) is 4.39 Å². The molecule has 0 aliphatic heterocycles. The smallest absolute Gasteiger partial charge is 0.165 e. The highest BCUT2D eigenvalue weighted by atomic mass is 19.1. The third-order valence-electron chi connectivity index (χ3n) is 2.72. The molecule has 0 saturated carbocycles. The van der Waals surface area contributed by atoms with Gasteiger partial charge in [-0.1, -0.05) is 32.9 Å². The van der Waals surface area contributed by atoms with Crippen LogP contribution in [0.15, 0.2) is 24.3 Å². The predicted molar refractivity (Wildman–Crippen MR) is 61.9 cm³/mol. The van der Waals surface area contributed by atoms with Crippen LogP contribution in [0.2, 0.25) is 0 Å². The zero-order chi connectivity index (χ0) is 12.2. The van der Waals surface area contributed by atoms with E-state index in [0.717, 1.165) is 0 Å². The van der Waals surface area contributed by atoms with Gasteiger partial charge in [0.25, 0.3) is 0 Å². The number of halogens is 1. The monoisotopic (exact) mass is 226 g/mol. The molecule has 1 atom stereocenters. The molecule has 0 bridgehead atoms. The van der Waals surface area contributed by atoms with Crippen LogP contribution in [0.5, 0.6) is 5.75 Å². The summed E-state index contributed by atoms with van der Waals surface area (Å²) in [4.78, 5) is 0. The molecule has 1 aromatic rings. The summed E-state index contributed by atoms with van der Waals surface area (Å²) in [5.41, 5.74) is -0.0555. The number of aliphatic hydroxyl groups is 1. The van der Waals surface area contributed by atoms with Gasteiger partial charge in [0.05, 0.1) is 6.61 Å². The van der Waals surface area contributed by atoms with E-state index in [1.807, 2.05) is 20.8 Å². The molecule has 0 aromatic heterocycles. The molecule has 1 unspecified atom stereocenters. The van der Waals surface area contributed by atoms with Crippen LogP contribution >= 0.6 is 0 Å². The first kappa shape index (κ1) is 13.0. The van der Waals surface area contributed by atoms with Gasteiger partial charge in [-0.15, -0.1) is 0 Å². The predicted octanol–water partition coefficient (Wildman–Crippen LogP) is 2.86. The van der Waals surface area contributed by atoms with Gasteiger partial charge in [0.15, 0.2) is 11.6 Å². The molecular weight excluding hydrogens is 207 g/mol. The molecule has 0 radical (unpaired) electrons. The Kier molecular flexibility index (Phi) is 4.30. The largest absolute Gasteiger partial charge is 0.490 e. The SMILES string of the molecule is CC(C)(C)C(CO)COc1ccccc1F. The minimum Gasteiger partial charge on any atom is -0.490 e. The van der Waals surface area contributed by atoms with E-state index < -0.39 is 0 Å². The van der Waals surface area contributed by atoms with Crippen molar-refractivity contribution in [3.05, 3.63) is 30.1 Å². The van der Waals surface area contributed by atoms with Crippen molar-refractivity contribution in [3.63, 3.8) is 0 Å². The van der Waals surface area contributed by atoms with Gasteiger partial charge in [0.2, 0.25) is 0 Å². The highest BCUT2D eigenvalue weighted by Crippen LogP contribution is 2.26. The van der Waals surface area contributed by atoms with Gasteiger partial charge in [-0.3, -0.25) is 0 Å². The third-order valence-corrected chi connectivity index (χ3v) is 2.72. The first-order valence-corrected chi connectivity index (χ1v) is 5.43. The fraction of sp³-hybridized carbons (Fsp3) is 0.538. The fourth-order valence-corrected chi connectivity index (χ4v) is 1.33. The van der Waals surface area contributed by atoms with Crippen LogP contribution in [0, 0.1) is 17.2 Å². The molecule has 0 saturated heterocycles. The van der Waals surface area contributed by atoms with Gasteiger partial charge >= 0.3 is 0 Å². The van der Waals surface area contributed by atoms with Crippen LogP contribution in [-0.2, 0) is 0 Å². The second-order valence-electron chi connectivity index (χ2n) is 4.99. The van der Waals surface area contributed by atoms with Crippen molar-refractivity contribution in [1.82, 2.24) is 0 Å². The van der Waals surface area contributed by atoms with Crippen molar-refractivity contribution in [2.45, 2.75) is 20.8 Å². The topological polar surface area (TPSA) is 29.5 Å². The van der Waals surface area contributed by atoms with Crippen LogP contribution in [0.3, 0.4) is 0 Å². The minimum atomic E-state index is -0.368. The normalized spacial score (nSPS) is 13.6. The Morgan fingerprint density at radius 3 is 2.44 bits per heavy atom. The van der Waals surface area contributed by atoms with Crippen molar-refractivity contribution in [2.24, 2.45) is 11.3 Å². The summed E-state index contributed by atoms with van der Waals surface area (Å²) in [6, 6.07) is 6.30. The minimum absolute atomic E-state index is 0.00731. The number of rotatable bonds is 4. The molecule has 1 N–H and O–H groups in total. The van der Waals surface area contributed by atoms with Crippen LogP contribution in [0.4, 0.5) is 4.39 Å². The zero-order valence-corrected chi connectivity index (χ0v) is 10.0. The second kappa shape index (κ2) is 5.30. The molecule has 0 aliphatic carbocycles. The average molecular weight is 226 g/mol. The lowest BCUT2D eigenvalue weighted by molar-refractivity contribution is 0.0801. The molecule has 1 rings (SSSR count). The molecule has 0 amide bonds. The lowest BCUT2D eigenvalue weighted by Gasteiger charge is -2.28. The van der Waals surface area contributed by atoms with Crippen molar-refractivity contribution in [2.75, 3.05) is 13.2 Å². The van der Waals surface area contributed by atoms with Gasteiger partial charge in [0, 0.05) is 12.5 Å². The van der Waals surface area contributed by atoms with Gasteiger partial charge in [-0.05, 0) is 17.5 Å². The summed E-state index contributed by atoms with van der Waals surface area (Å²) in [7, 11) is 0. The Labute approximate surface area is 96.1 Å². The van der Waals surface area contributed by atoms with E-state index in [1.165, 1.54) is 6.07 Å². The van der Waals surface area contributed by atoms with E-state index in [1.54, 1.807) is 18.2 Å². The fourth-order valence-electron chi connectivity index (χ4n) is 1.33. The Morgan fingerprint density at radius 1 is 1.31 bits per heavy atom. The van der Waals surface area contributed by atoms with Crippen LogP contribution in [-0.4, -0.2) is 18.3 Å². The molecule has 0 aliphatic rings. The molecule has 0 heterocycles. The summed E-state index contributed by atoms with van der Waals surface area (Å²) in [6.45, 7) is 6.44. The first-order chi connectivity index (χ1) is 7.45. The number of ether oxygens (including phenoxy) is 1. The number of hydrogen-bond acceptors (Lipinski definition) is 2. The maximum Gasteiger partial charge on any atom is 0.165 e. The van der Waals surface area contributed by atoms with Gasteiger partial charge < -0.3 is 9.84 Å². The maximum absolute atomic E-state index is 13.3. The van der Waals surface area contributed by atoms with Crippen molar-refractivity contribution in [3.8, 4) is 5.75 Å². The van der Waals surface area contributed by atoms with E-state index >= 15 is 0 Å². The molecule has 90 valence electrons. The maximum atomic E-state index is 13.3. The number of para-hydroxylation sites is 1. The average Bonchev–Trinajstić information content (AvgIpc) is 2.19. The molecule has 16 heavy (non-hydrogen) atoms. The molecule has 1 aromatic carbocycles. The molecule has 0 spiro atoms. The summed E-state index contributed by atoms with van der Waals surface area (Å²) in [6.07, 6.45) is 0. The van der Waals surface area contributed by atoms with Gasteiger partial charge in [-0.2, -0.15) is 0 Å². The van der Waals surface area contributed by atoms with E-state index in [4.69, 9.17) is 4.74 Å². The number of benzene rings is 1. The Morgan fingerprint density at radius 2 is 1.94 bits per heavy atom. The number of aliphatic hydroxyl groups excluding tert-OH is 1. The van der Waals surface area contributed by atoms with Gasteiger partial charge in [0.1, 0.15) is 0 Å². The van der Waals surface area contributed by atoms with E-state index in [-0.39, 0.29) is 29.5 Å². The summed E-state index contributed by atoms with van der Waals surface area (Å²) in [5, 5.41) is 9.24. The number of hydrogen-bond donors (Lipinski definition) is 1. The Hall–Kier alpha value is -1.09. The molecule has 2 nitrogen and oxygen atoms in total. The molecular formula is C13H19FO2. The second-order valence-corrected chi connectivity index (χ2v) is 4.99. The van der Waals surface area contributed by atoms with Crippen LogP contribution in [0.1, 0.15) is 20.8 Å². The van der Waals surface area contributed by atoms with E-state index in [9.17, 15) is 9.50 Å². The Balaban J connectivity index is 2.60. The quantitative estimate of drug-likeness (QED) is 0.855. The Bertz CT molecular complexity index is 331. The zero-order valence-electron chi connectivity index (χ0n) is 10.0. The standard InChI is InChI=1S/C13H19FO2/c1-13(2,3)10(8-15)9-16-12-7-5-4-6-11(12)14/h4-7,10,15H,8-9H2,1-3H3. The van der Waals surface area contributed by atoms with Crippen molar-refractivity contribution in [1.29, 1.82) is 0 Å². The van der Waals surface area contributed by atoms with E-state index in [0.29, 0.717) is 6.61 Å². The van der Waals surface area contributed by atoms with Crippen molar-refractivity contribution >= 4 is 0 Å². The van der Waals surface area contributed by atoms with Crippen LogP contribution < -0.4 is 4.74 Å². The van der Waals surface area contributed by atoms with Crippen molar-refractivity contribution < 1.29 is 14.2 Å². The summed E-state index contributed by atoms with van der Waals surface area (Å²) < 4.78 is 18.6.